The predicted molar refractivity (Wildman–Crippen MR) is 147 cm³/mol. The van der Waals surface area contributed by atoms with Crippen LogP contribution < -0.4 is 11.1 Å². The maximum absolute atomic E-state index is 14.9. The van der Waals surface area contributed by atoms with Crippen LogP contribution in [0.15, 0.2) is 58.1 Å². The van der Waals surface area contributed by atoms with E-state index in [4.69, 9.17) is 15.0 Å². The molecular formula is C28H31F2N5O4S. The second-order valence-electron chi connectivity index (χ2n) is 10.2. The summed E-state index contributed by atoms with van der Waals surface area (Å²) in [6.07, 6.45) is 6.21. The Morgan fingerprint density at radius 2 is 2.10 bits per heavy atom. The Bertz CT molecular complexity index is 1550. The third-order valence-electron chi connectivity index (χ3n) is 7.09. The molecular weight excluding hydrogens is 540 g/mol. The van der Waals surface area contributed by atoms with Crippen LogP contribution in [0.25, 0.3) is 22.7 Å². The lowest BCUT2D eigenvalue weighted by Crippen LogP contribution is -2.24. The van der Waals surface area contributed by atoms with E-state index in [0.717, 1.165) is 0 Å². The zero-order chi connectivity index (χ0) is 28.4. The number of hydrogen-bond acceptors (Lipinski definition) is 9. The summed E-state index contributed by atoms with van der Waals surface area (Å²) in [4.78, 5) is 9.24. The molecule has 12 heteroatoms. The number of sulfone groups is 1. The van der Waals surface area contributed by atoms with Gasteiger partial charge in [-0.3, -0.25) is 0 Å². The van der Waals surface area contributed by atoms with E-state index in [2.05, 4.69) is 20.4 Å². The van der Waals surface area contributed by atoms with Crippen molar-refractivity contribution in [3.63, 3.8) is 0 Å². The summed E-state index contributed by atoms with van der Waals surface area (Å²) in [5.41, 5.74) is 8.10. The molecule has 1 aliphatic carbocycles. The minimum atomic E-state index is -3.48. The molecule has 2 aliphatic rings. The molecule has 3 N–H and O–H groups in total. The normalized spacial score (nSPS) is 21.9. The van der Waals surface area contributed by atoms with Crippen molar-refractivity contribution in [1.29, 1.82) is 0 Å². The number of allylic oxidation sites excluding steroid dienone is 3. The summed E-state index contributed by atoms with van der Waals surface area (Å²) in [5, 5.41) is 6.41. The van der Waals surface area contributed by atoms with Crippen molar-refractivity contribution in [2.24, 2.45) is 5.92 Å². The number of nitrogens with two attached hydrogens (primary N) is 1. The lowest BCUT2D eigenvalue weighted by atomic mass is 9.87. The molecule has 0 radical (unpaired) electrons. The standard InChI is InChI=1S/C28H31F2N5O4S/c1-16-9-19(40(36,37)20-7-8-38-15-20)4-6-21(16)25-14-33-28(31)27(34-25)26-11-24(35-39-26)22-5-3-18(10-23(22)30)13-32-12-17(2)29/h3-6,9-11,14,16-17,20-21,32H,7-8,12-13,15H2,1-2H3,(H2,31,33). The van der Waals surface area contributed by atoms with E-state index in [1.807, 2.05) is 13.0 Å². The molecule has 1 saturated heterocycles. The molecule has 4 unspecified atom stereocenters. The van der Waals surface area contributed by atoms with Crippen LogP contribution >= 0.6 is 0 Å². The average Bonchev–Trinajstić information content (AvgIpc) is 3.62. The van der Waals surface area contributed by atoms with Gasteiger partial charge in [0.15, 0.2) is 27.1 Å². The van der Waals surface area contributed by atoms with Crippen LogP contribution in [-0.4, -0.2) is 54.7 Å². The Kier molecular flexibility index (Phi) is 8.11. The van der Waals surface area contributed by atoms with Crippen LogP contribution in [0.5, 0.6) is 0 Å². The van der Waals surface area contributed by atoms with Crippen LogP contribution in [0.3, 0.4) is 0 Å². The number of halogens is 2. The van der Waals surface area contributed by atoms with Gasteiger partial charge in [-0.15, -0.1) is 0 Å². The van der Waals surface area contributed by atoms with Crippen molar-refractivity contribution < 1.29 is 26.5 Å². The van der Waals surface area contributed by atoms with Gasteiger partial charge in [0, 0.05) is 37.2 Å². The van der Waals surface area contributed by atoms with Crippen LogP contribution in [-0.2, 0) is 21.1 Å². The van der Waals surface area contributed by atoms with E-state index >= 15 is 0 Å². The Morgan fingerprint density at radius 3 is 2.80 bits per heavy atom. The lowest BCUT2D eigenvalue weighted by Gasteiger charge is -2.23. The molecule has 0 amide bonds. The Balaban J connectivity index is 1.35. The number of anilines is 1. The molecule has 0 spiro atoms. The fourth-order valence-corrected chi connectivity index (χ4v) is 6.60. The van der Waals surface area contributed by atoms with Crippen molar-refractivity contribution in [1.82, 2.24) is 20.4 Å². The maximum Gasteiger partial charge on any atom is 0.189 e. The van der Waals surface area contributed by atoms with E-state index in [1.165, 1.54) is 13.0 Å². The van der Waals surface area contributed by atoms with Crippen molar-refractivity contribution in [2.75, 3.05) is 25.5 Å². The van der Waals surface area contributed by atoms with Crippen molar-refractivity contribution in [3.8, 4) is 22.7 Å². The van der Waals surface area contributed by atoms with Gasteiger partial charge in [0.2, 0.25) is 0 Å². The first-order valence-electron chi connectivity index (χ1n) is 13.1. The van der Waals surface area contributed by atoms with E-state index in [1.54, 1.807) is 36.5 Å². The van der Waals surface area contributed by atoms with Crippen LogP contribution in [0, 0.1) is 11.7 Å². The fourth-order valence-electron chi connectivity index (χ4n) is 4.86. The summed E-state index contributed by atoms with van der Waals surface area (Å²) >= 11 is 0. The third-order valence-corrected chi connectivity index (χ3v) is 9.26. The highest BCUT2D eigenvalue weighted by Gasteiger charge is 2.34. The van der Waals surface area contributed by atoms with Gasteiger partial charge in [-0.25, -0.2) is 27.2 Å². The molecule has 4 atom stereocenters. The van der Waals surface area contributed by atoms with Gasteiger partial charge in [-0.1, -0.05) is 30.3 Å². The predicted octanol–water partition coefficient (Wildman–Crippen LogP) is 4.34. The van der Waals surface area contributed by atoms with Gasteiger partial charge < -0.3 is 20.3 Å². The summed E-state index contributed by atoms with van der Waals surface area (Å²) in [6.45, 7) is 4.54. The number of aromatic nitrogens is 3. The molecule has 9 nitrogen and oxygen atoms in total. The number of nitrogen functional groups attached to an aromatic ring is 1. The number of rotatable bonds is 9. The highest BCUT2D eigenvalue weighted by molar-refractivity contribution is 7.96. The summed E-state index contributed by atoms with van der Waals surface area (Å²) < 4.78 is 64.6. The number of alkyl halides is 1. The number of nitrogens with one attached hydrogen (secondary N) is 1. The molecule has 212 valence electrons. The number of benzene rings is 1. The minimum absolute atomic E-state index is 0.114. The van der Waals surface area contributed by atoms with Gasteiger partial charge >= 0.3 is 0 Å². The first-order valence-corrected chi connectivity index (χ1v) is 14.6. The number of nitrogens with zero attached hydrogens (tertiary/aromatic N) is 3. The minimum Gasteiger partial charge on any atom is -0.382 e. The first kappa shape index (κ1) is 28.1. The molecule has 40 heavy (non-hydrogen) atoms. The molecule has 0 bridgehead atoms. The molecule has 1 aromatic carbocycles. The Labute approximate surface area is 231 Å². The van der Waals surface area contributed by atoms with E-state index in [-0.39, 0.29) is 58.4 Å². The smallest absolute Gasteiger partial charge is 0.189 e. The zero-order valence-electron chi connectivity index (χ0n) is 22.2. The van der Waals surface area contributed by atoms with Crippen LogP contribution in [0.2, 0.25) is 0 Å². The van der Waals surface area contributed by atoms with Crippen molar-refractivity contribution in [2.45, 2.75) is 44.2 Å². The molecule has 3 aromatic rings. The maximum atomic E-state index is 14.9. The summed E-state index contributed by atoms with van der Waals surface area (Å²) in [5.74, 6) is -0.585. The number of ether oxygens (including phenoxy) is 1. The van der Waals surface area contributed by atoms with Gasteiger partial charge in [0.05, 0.1) is 28.7 Å². The summed E-state index contributed by atoms with van der Waals surface area (Å²) in [7, 11) is -3.48. The molecule has 2 aromatic heterocycles. The molecule has 1 aliphatic heterocycles. The van der Waals surface area contributed by atoms with E-state index < -0.39 is 27.1 Å². The zero-order valence-corrected chi connectivity index (χ0v) is 23.0. The largest absolute Gasteiger partial charge is 0.382 e. The molecule has 5 rings (SSSR count). The second-order valence-corrected chi connectivity index (χ2v) is 12.4. The van der Waals surface area contributed by atoms with E-state index in [9.17, 15) is 17.2 Å². The topological polar surface area (TPSA) is 133 Å². The van der Waals surface area contributed by atoms with E-state index in [0.29, 0.717) is 30.8 Å². The van der Waals surface area contributed by atoms with Gasteiger partial charge in [0.1, 0.15) is 17.7 Å². The first-order chi connectivity index (χ1) is 19.1. The monoisotopic (exact) mass is 571 g/mol. The molecule has 3 heterocycles. The second kappa shape index (κ2) is 11.6. The fraction of sp³-hybridized carbons (Fsp3) is 0.393. The van der Waals surface area contributed by atoms with Crippen LogP contribution in [0.4, 0.5) is 14.6 Å². The van der Waals surface area contributed by atoms with Gasteiger partial charge in [-0.2, -0.15) is 0 Å². The third kappa shape index (κ3) is 5.84. The summed E-state index contributed by atoms with van der Waals surface area (Å²) in [6, 6.07) is 6.23. The highest BCUT2D eigenvalue weighted by atomic mass is 32.2. The average molecular weight is 572 g/mol. The quantitative estimate of drug-likeness (QED) is 0.385. The number of hydrogen-bond donors (Lipinski definition) is 2. The lowest BCUT2D eigenvalue weighted by molar-refractivity contribution is 0.198. The van der Waals surface area contributed by atoms with Gasteiger partial charge in [-0.05, 0) is 43.0 Å². The molecule has 1 fully saturated rings. The van der Waals surface area contributed by atoms with Crippen molar-refractivity contribution >= 4 is 15.7 Å². The SMILES string of the molecule is CC(F)CNCc1ccc(-c2cc(-c3nc(C4C=CC(S(=O)(=O)C5CCOC5)=CC4C)cnc3N)on2)c(F)c1. The molecule has 0 saturated carbocycles. The highest BCUT2D eigenvalue weighted by Crippen LogP contribution is 2.36. The Hall–Kier alpha value is -3.48. The van der Waals surface area contributed by atoms with Crippen molar-refractivity contribution in [3.05, 3.63) is 70.7 Å². The van der Waals surface area contributed by atoms with Crippen LogP contribution in [0.1, 0.15) is 37.4 Å². The Morgan fingerprint density at radius 1 is 1.27 bits per heavy atom. The van der Waals surface area contributed by atoms with Gasteiger partial charge in [0.25, 0.3) is 0 Å².